The van der Waals surface area contributed by atoms with Crippen molar-refractivity contribution < 1.29 is 24.2 Å². The number of carbonyl (C=O) groups excluding carboxylic acids is 2. The van der Waals surface area contributed by atoms with Gasteiger partial charge in [-0.25, -0.2) is 4.79 Å². The Hall–Kier alpha value is -3.35. The highest BCUT2D eigenvalue weighted by molar-refractivity contribution is 5.80. The fraction of sp³-hybridized carbons (Fsp3) is 0.444. The van der Waals surface area contributed by atoms with Crippen molar-refractivity contribution in [3.63, 3.8) is 0 Å². The Morgan fingerprint density at radius 3 is 2.26 bits per heavy atom. The van der Waals surface area contributed by atoms with E-state index in [0.29, 0.717) is 13.0 Å². The summed E-state index contributed by atoms with van der Waals surface area (Å²) in [6.45, 7) is 4.67. The predicted molar refractivity (Wildman–Crippen MR) is 128 cm³/mol. The normalized spacial score (nSPS) is 17.9. The van der Waals surface area contributed by atoms with E-state index in [2.05, 4.69) is 29.6 Å². The second-order valence-electron chi connectivity index (χ2n) is 9.51. The van der Waals surface area contributed by atoms with Gasteiger partial charge in [0.1, 0.15) is 6.61 Å². The van der Waals surface area contributed by atoms with Gasteiger partial charge in [-0.3, -0.25) is 9.59 Å². The molecule has 2 atom stereocenters. The number of carboxylic acids is 1. The predicted octanol–water partition coefficient (Wildman–Crippen LogP) is 4.41. The molecule has 1 saturated heterocycles. The van der Waals surface area contributed by atoms with E-state index in [0.717, 1.165) is 17.5 Å². The number of aliphatic carboxylic acids is 1. The average molecular weight is 465 g/mol. The van der Waals surface area contributed by atoms with Gasteiger partial charge in [-0.1, -0.05) is 62.4 Å². The minimum Gasteiger partial charge on any atom is -0.481 e. The quantitative estimate of drug-likeness (QED) is 0.604. The highest BCUT2D eigenvalue weighted by Gasteiger charge is 2.33. The molecule has 180 valence electrons. The van der Waals surface area contributed by atoms with Crippen molar-refractivity contribution in [2.45, 2.75) is 57.5 Å². The number of hydrogen-bond acceptors (Lipinski definition) is 4. The molecular formula is C27H32N2O5. The maximum Gasteiger partial charge on any atom is 0.407 e. The summed E-state index contributed by atoms with van der Waals surface area (Å²) in [5, 5.41) is 12.0. The molecular weight excluding hydrogens is 432 g/mol. The van der Waals surface area contributed by atoms with Gasteiger partial charge in [-0.05, 0) is 41.0 Å². The third kappa shape index (κ3) is 5.08. The summed E-state index contributed by atoms with van der Waals surface area (Å²) in [6.07, 6.45) is 1.03. The fourth-order valence-corrected chi connectivity index (χ4v) is 5.13. The van der Waals surface area contributed by atoms with Gasteiger partial charge in [0.05, 0.1) is 6.42 Å². The molecule has 1 heterocycles. The number of ether oxygens (including phenoxy) is 1. The Kier molecular flexibility index (Phi) is 7.20. The molecule has 0 aromatic heterocycles. The number of benzene rings is 2. The highest BCUT2D eigenvalue weighted by Crippen LogP contribution is 2.44. The number of amides is 2. The lowest BCUT2D eigenvalue weighted by atomic mass is 9.98. The van der Waals surface area contributed by atoms with Crippen molar-refractivity contribution in [2.24, 2.45) is 5.92 Å². The largest absolute Gasteiger partial charge is 0.481 e. The van der Waals surface area contributed by atoms with Gasteiger partial charge in [-0.15, -0.1) is 0 Å². The lowest BCUT2D eigenvalue weighted by Gasteiger charge is -2.28. The molecule has 0 unspecified atom stereocenters. The summed E-state index contributed by atoms with van der Waals surface area (Å²) in [4.78, 5) is 38.4. The number of nitrogens with zero attached hydrogens (tertiary/aromatic N) is 1. The maximum absolute atomic E-state index is 12.9. The van der Waals surface area contributed by atoms with Crippen LogP contribution >= 0.6 is 0 Å². The lowest BCUT2D eigenvalue weighted by molar-refractivity contribution is -0.140. The topological polar surface area (TPSA) is 95.9 Å². The number of fused-ring (bicyclic) bond motifs is 3. The van der Waals surface area contributed by atoms with E-state index in [-0.39, 0.29) is 43.2 Å². The van der Waals surface area contributed by atoms with Crippen molar-refractivity contribution in [3.8, 4) is 11.1 Å². The zero-order chi connectivity index (χ0) is 24.2. The first-order valence-corrected chi connectivity index (χ1v) is 12.0. The summed E-state index contributed by atoms with van der Waals surface area (Å²) in [5.41, 5.74) is 4.62. The third-order valence-corrected chi connectivity index (χ3v) is 6.95. The van der Waals surface area contributed by atoms with Gasteiger partial charge in [-0.2, -0.15) is 0 Å². The monoisotopic (exact) mass is 464 g/mol. The smallest absolute Gasteiger partial charge is 0.407 e. The Morgan fingerprint density at radius 1 is 1.06 bits per heavy atom. The molecule has 2 aromatic rings. The van der Waals surface area contributed by atoms with Crippen LogP contribution in [0.1, 0.15) is 56.6 Å². The first kappa shape index (κ1) is 23.8. The Labute approximate surface area is 200 Å². The molecule has 0 spiro atoms. The van der Waals surface area contributed by atoms with E-state index in [4.69, 9.17) is 9.84 Å². The molecule has 1 aliphatic carbocycles. The summed E-state index contributed by atoms with van der Waals surface area (Å²) < 4.78 is 5.65. The Morgan fingerprint density at radius 2 is 1.68 bits per heavy atom. The van der Waals surface area contributed by atoms with E-state index in [1.807, 2.05) is 38.1 Å². The van der Waals surface area contributed by atoms with Crippen LogP contribution in [0.3, 0.4) is 0 Å². The van der Waals surface area contributed by atoms with Crippen molar-refractivity contribution in [3.05, 3.63) is 59.7 Å². The number of alkyl carbamates (subject to hydrolysis) is 1. The van der Waals surface area contributed by atoms with Crippen LogP contribution in [0.2, 0.25) is 0 Å². The minimum absolute atomic E-state index is 0.0185. The zero-order valence-electron chi connectivity index (χ0n) is 19.7. The van der Waals surface area contributed by atoms with Crippen LogP contribution in [-0.4, -0.2) is 53.2 Å². The highest BCUT2D eigenvalue weighted by atomic mass is 16.5. The summed E-state index contributed by atoms with van der Waals surface area (Å²) >= 11 is 0. The summed E-state index contributed by atoms with van der Waals surface area (Å²) in [7, 11) is 0. The van der Waals surface area contributed by atoms with Gasteiger partial charge in [0.15, 0.2) is 0 Å². The van der Waals surface area contributed by atoms with E-state index in [1.54, 1.807) is 4.90 Å². The van der Waals surface area contributed by atoms with E-state index >= 15 is 0 Å². The molecule has 1 aliphatic heterocycles. The second-order valence-corrected chi connectivity index (χ2v) is 9.51. The molecule has 7 nitrogen and oxygen atoms in total. The van der Waals surface area contributed by atoms with Crippen LogP contribution in [0, 0.1) is 5.92 Å². The van der Waals surface area contributed by atoms with Crippen molar-refractivity contribution in [2.75, 3.05) is 13.2 Å². The van der Waals surface area contributed by atoms with Gasteiger partial charge in [0.25, 0.3) is 0 Å². The van der Waals surface area contributed by atoms with Crippen molar-refractivity contribution in [1.82, 2.24) is 10.2 Å². The van der Waals surface area contributed by atoms with Crippen LogP contribution in [0.4, 0.5) is 4.79 Å². The number of hydrogen-bond donors (Lipinski definition) is 2. The molecule has 0 radical (unpaired) electrons. The summed E-state index contributed by atoms with van der Waals surface area (Å²) in [6, 6.07) is 15.7. The molecule has 7 heteroatoms. The molecule has 4 rings (SSSR count). The van der Waals surface area contributed by atoms with E-state index in [1.165, 1.54) is 11.1 Å². The van der Waals surface area contributed by atoms with Gasteiger partial charge >= 0.3 is 12.1 Å². The first-order valence-electron chi connectivity index (χ1n) is 12.0. The second kappa shape index (κ2) is 10.3. The Balaban J connectivity index is 1.37. The number of rotatable bonds is 8. The number of carbonyl (C=O) groups is 3. The van der Waals surface area contributed by atoms with Crippen molar-refractivity contribution >= 4 is 18.0 Å². The van der Waals surface area contributed by atoms with Crippen molar-refractivity contribution in [1.29, 1.82) is 0 Å². The van der Waals surface area contributed by atoms with Gasteiger partial charge in [0, 0.05) is 31.0 Å². The van der Waals surface area contributed by atoms with Gasteiger partial charge < -0.3 is 20.1 Å². The molecule has 2 N–H and O–H groups in total. The maximum atomic E-state index is 12.9. The van der Waals surface area contributed by atoms with Crippen LogP contribution in [0.25, 0.3) is 11.1 Å². The summed E-state index contributed by atoms with van der Waals surface area (Å²) in [5.74, 6) is -1.04. The third-order valence-electron chi connectivity index (χ3n) is 6.95. The molecule has 0 bridgehead atoms. The Bertz CT molecular complexity index is 1020. The molecule has 2 aliphatic rings. The lowest BCUT2D eigenvalue weighted by Crippen LogP contribution is -2.45. The van der Waals surface area contributed by atoms with Crippen LogP contribution in [0.5, 0.6) is 0 Å². The van der Waals surface area contributed by atoms with E-state index < -0.39 is 18.1 Å². The molecule has 0 saturated carbocycles. The van der Waals surface area contributed by atoms with Crippen LogP contribution in [-0.2, 0) is 14.3 Å². The molecule has 2 amide bonds. The SMILES string of the molecule is CC(C)[C@@H](CC(=O)N1CCC[C@H]1CC(=O)O)NC(=O)OCC1c2ccccc2-c2ccccc21. The number of nitrogens with one attached hydrogen (secondary N) is 1. The first-order chi connectivity index (χ1) is 16.3. The average Bonchev–Trinajstić information content (AvgIpc) is 3.39. The van der Waals surface area contributed by atoms with Crippen LogP contribution < -0.4 is 5.32 Å². The molecule has 2 aromatic carbocycles. The zero-order valence-corrected chi connectivity index (χ0v) is 19.7. The number of likely N-dealkylation sites (tertiary alicyclic amines) is 1. The molecule has 1 fully saturated rings. The van der Waals surface area contributed by atoms with Crippen LogP contribution in [0.15, 0.2) is 48.5 Å². The van der Waals surface area contributed by atoms with E-state index in [9.17, 15) is 14.4 Å². The molecule has 34 heavy (non-hydrogen) atoms. The minimum atomic E-state index is -0.901. The fourth-order valence-electron chi connectivity index (χ4n) is 5.13. The van der Waals surface area contributed by atoms with Gasteiger partial charge in [0.2, 0.25) is 5.91 Å². The standard InChI is InChI=1S/C27H32N2O5/c1-17(2)24(15-25(30)29-13-7-8-18(29)14-26(31)32)28-27(33)34-16-23-21-11-5-3-9-19(21)20-10-4-6-12-22(20)23/h3-6,9-12,17-18,23-24H,7-8,13-16H2,1-2H3,(H,28,33)(H,31,32)/t18-,24+/m0/s1. The number of carboxylic acid groups (broad SMARTS) is 1.